The summed E-state index contributed by atoms with van der Waals surface area (Å²) in [5.74, 6) is 1.12. The molecule has 0 saturated heterocycles. The average Bonchev–Trinajstić information content (AvgIpc) is 2.74. The number of anilines is 1. The third-order valence-corrected chi connectivity index (χ3v) is 5.80. The van der Waals surface area contributed by atoms with Crippen molar-refractivity contribution >= 4 is 29.3 Å². The van der Waals surface area contributed by atoms with E-state index in [0.29, 0.717) is 28.5 Å². The first-order valence-electron chi connectivity index (χ1n) is 9.75. The molecule has 1 aliphatic heterocycles. The summed E-state index contributed by atoms with van der Waals surface area (Å²) in [6.07, 6.45) is 1.79. The first kappa shape index (κ1) is 21.0. The van der Waals surface area contributed by atoms with Crippen molar-refractivity contribution in [2.24, 2.45) is 0 Å². The van der Waals surface area contributed by atoms with Crippen molar-refractivity contribution in [3.63, 3.8) is 0 Å². The Morgan fingerprint density at radius 1 is 1.07 bits per heavy atom. The first-order chi connectivity index (χ1) is 14.0. The number of allylic oxidation sites excluding steroid dienone is 1. The van der Waals surface area contributed by atoms with Crippen molar-refractivity contribution in [3.8, 4) is 0 Å². The molecule has 2 amide bonds. The Balaban J connectivity index is 1.51. The van der Waals surface area contributed by atoms with Crippen molar-refractivity contribution in [2.45, 2.75) is 32.7 Å². The number of rotatable bonds is 7. The molecule has 2 aromatic rings. The average molecular weight is 411 g/mol. The van der Waals surface area contributed by atoms with Crippen LogP contribution in [0.4, 0.5) is 5.69 Å². The summed E-state index contributed by atoms with van der Waals surface area (Å²) >= 11 is 1.49. The number of carbonyl (C=O) groups is 2. The minimum Gasteiger partial charge on any atom is -0.496 e. The smallest absolute Gasteiger partial charge is 0.265 e. The molecule has 2 aromatic carbocycles. The van der Waals surface area contributed by atoms with Crippen LogP contribution in [0.15, 0.2) is 65.3 Å². The highest BCUT2D eigenvalue weighted by Crippen LogP contribution is 2.26. The maximum atomic E-state index is 12.5. The molecule has 152 valence electrons. The summed E-state index contributed by atoms with van der Waals surface area (Å²) in [5.41, 5.74) is 2.48. The van der Waals surface area contributed by atoms with E-state index in [4.69, 9.17) is 4.74 Å². The molecule has 0 aromatic heterocycles. The Labute approximate surface area is 175 Å². The minimum absolute atomic E-state index is 0.0697. The molecule has 1 aliphatic rings. The maximum Gasteiger partial charge on any atom is 0.265 e. The third-order valence-electron chi connectivity index (χ3n) is 4.67. The van der Waals surface area contributed by atoms with Crippen LogP contribution in [-0.2, 0) is 16.0 Å². The van der Waals surface area contributed by atoms with Gasteiger partial charge in [0.05, 0.1) is 6.61 Å². The number of thioether (sulfide) groups is 1. The van der Waals surface area contributed by atoms with Gasteiger partial charge in [0.15, 0.2) is 0 Å². The van der Waals surface area contributed by atoms with Gasteiger partial charge in [0.2, 0.25) is 0 Å². The molecule has 6 heteroatoms. The summed E-state index contributed by atoms with van der Waals surface area (Å²) < 4.78 is 5.43. The van der Waals surface area contributed by atoms with E-state index in [1.165, 1.54) is 17.3 Å². The van der Waals surface area contributed by atoms with Gasteiger partial charge in [0, 0.05) is 23.0 Å². The highest BCUT2D eigenvalue weighted by molar-refractivity contribution is 8.04. The molecule has 0 aliphatic carbocycles. The van der Waals surface area contributed by atoms with E-state index < -0.39 is 0 Å². The Bertz CT molecular complexity index is 879. The molecule has 1 heterocycles. The fourth-order valence-corrected chi connectivity index (χ4v) is 3.85. The van der Waals surface area contributed by atoms with Gasteiger partial charge in [-0.3, -0.25) is 9.59 Å². The monoisotopic (exact) mass is 410 g/mol. The lowest BCUT2D eigenvalue weighted by molar-refractivity contribution is -0.112. The molecule has 0 radical (unpaired) electrons. The lowest BCUT2D eigenvalue weighted by Crippen LogP contribution is -2.32. The Kier molecular flexibility index (Phi) is 7.36. The second-order valence-electron chi connectivity index (χ2n) is 7.01. The first-order valence-corrected chi connectivity index (χ1v) is 10.7. The normalized spacial score (nSPS) is 14.7. The summed E-state index contributed by atoms with van der Waals surface area (Å²) in [6.45, 7) is 4.43. The molecule has 2 N–H and O–H groups in total. The van der Waals surface area contributed by atoms with Crippen LogP contribution in [0.1, 0.15) is 36.2 Å². The van der Waals surface area contributed by atoms with Gasteiger partial charge in [-0.2, -0.15) is 0 Å². The number of carbonyl (C=O) groups excluding carboxylic acids is 2. The van der Waals surface area contributed by atoms with Gasteiger partial charge in [-0.1, -0.05) is 30.3 Å². The fourth-order valence-electron chi connectivity index (χ4n) is 3.03. The van der Waals surface area contributed by atoms with E-state index in [0.717, 1.165) is 18.6 Å². The Morgan fingerprint density at radius 2 is 1.79 bits per heavy atom. The van der Waals surface area contributed by atoms with E-state index in [1.54, 1.807) is 31.2 Å². The quantitative estimate of drug-likeness (QED) is 0.711. The van der Waals surface area contributed by atoms with Gasteiger partial charge >= 0.3 is 0 Å². The minimum atomic E-state index is -0.182. The topological polar surface area (TPSA) is 67.4 Å². The number of ether oxygens (including phenoxy) is 1. The number of nitrogens with one attached hydrogen (secondary N) is 2. The second kappa shape index (κ2) is 10.2. The predicted octanol–water partition coefficient (Wildman–Crippen LogP) is 4.37. The molecule has 0 spiro atoms. The van der Waals surface area contributed by atoms with Gasteiger partial charge in [-0.05, 0) is 56.5 Å². The SMILES string of the molecule is CC1=C(C(=O)Nc2ccc(C(=O)N[C@H](C)CCc3ccccc3)cc2)SCCO1. The standard InChI is InChI=1S/C23H26N2O3S/c1-16(8-9-18-6-4-3-5-7-18)24-22(26)19-10-12-20(13-11-19)25-23(27)21-17(2)28-14-15-29-21/h3-7,10-13,16H,8-9,14-15H2,1-2H3,(H,24,26)(H,25,27)/t16-/m1/s1. The Hall–Kier alpha value is -2.73. The van der Waals surface area contributed by atoms with Crippen LogP contribution >= 0.6 is 11.8 Å². The third kappa shape index (κ3) is 6.12. The number of benzene rings is 2. The molecule has 0 bridgehead atoms. The highest BCUT2D eigenvalue weighted by Gasteiger charge is 2.19. The van der Waals surface area contributed by atoms with Gasteiger partial charge in [0.25, 0.3) is 11.8 Å². The van der Waals surface area contributed by atoms with Gasteiger partial charge in [-0.15, -0.1) is 11.8 Å². The van der Waals surface area contributed by atoms with Gasteiger partial charge in [0.1, 0.15) is 10.7 Å². The molecule has 5 nitrogen and oxygen atoms in total. The van der Waals surface area contributed by atoms with E-state index in [1.807, 2.05) is 25.1 Å². The van der Waals surface area contributed by atoms with Crippen LogP contribution in [-0.4, -0.2) is 30.2 Å². The van der Waals surface area contributed by atoms with Crippen LogP contribution in [0.3, 0.4) is 0 Å². The highest BCUT2D eigenvalue weighted by atomic mass is 32.2. The van der Waals surface area contributed by atoms with Crippen LogP contribution in [0.2, 0.25) is 0 Å². The van der Waals surface area contributed by atoms with E-state index in [9.17, 15) is 9.59 Å². The lowest BCUT2D eigenvalue weighted by Gasteiger charge is -2.18. The number of hydrogen-bond acceptors (Lipinski definition) is 4. The molecular formula is C23H26N2O3S. The molecule has 0 unspecified atom stereocenters. The van der Waals surface area contributed by atoms with E-state index in [-0.39, 0.29) is 17.9 Å². The van der Waals surface area contributed by atoms with E-state index in [2.05, 4.69) is 22.8 Å². The molecular weight excluding hydrogens is 384 g/mol. The zero-order valence-corrected chi connectivity index (χ0v) is 17.6. The second-order valence-corrected chi connectivity index (χ2v) is 8.12. The molecule has 29 heavy (non-hydrogen) atoms. The van der Waals surface area contributed by atoms with Crippen LogP contribution in [0.5, 0.6) is 0 Å². The Morgan fingerprint density at radius 3 is 2.48 bits per heavy atom. The molecule has 0 fully saturated rings. The van der Waals surface area contributed by atoms with Crippen molar-refractivity contribution in [1.29, 1.82) is 0 Å². The van der Waals surface area contributed by atoms with Crippen LogP contribution < -0.4 is 10.6 Å². The largest absolute Gasteiger partial charge is 0.496 e. The summed E-state index contributed by atoms with van der Waals surface area (Å²) in [6, 6.07) is 17.2. The van der Waals surface area contributed by atoms with Crippen molar-refractivity contribution < 1.29 is 14.3 Å². The lowest BCUT2D eigenvalue weighted by atomic mass is 10.1. The molecule has 1 atom stereocenters. The van der Waals surface area contributed by atoms with Crippen LogP contribution in [0.25, 0.3) is 0 Å². The zero-order valence-electron chi connectivity index (χ0n) is 16.7. The van der Waals surface area contributed by atoms with Crippen molar-refractivity contribution in [1.82, 2.24) is 5.32 Å². The molecule has 0 saturated carbocycles. The summed E-state index contributed by atoms with van der Waals surface area (Å²) in [4.78, 5) is 25.4. The van der Waals surface area contributed by atoms with Gasteiger partial charge in [-0.25, -0.2) is 0 Å². The number of aryl methyl sites for hydroxylation is 1. The fraction of sp³-hybridized carbons (Fsp3) is 0.304. The predicted molar refractivity (Wildman–Crippen MR) is 118 cm³/mol. The van der Waals surface area contributed by atoms with Crippen molar-refractivity contribution in [2.75, 3.05) is 17.7 Å². The maximum absolute atomic E-state index is 12.5. The van der Waals surface area contributed by atoms with Crippen molar-refractivity contribution in [3.05, 3.63) is 76.4 Å². The zero-order chi connectivity index (χ0) is 20.6. The van der Waals surface area contributed by atoms with Crippen LogP contribution in [0, 0.1) is 0 Å². The van der Waals surface area contributed by atoms with E-state index >= 15 is 0 Å². The van der Waals surface area contributed by atoms with Gasteiger partial charge < -0.3 is 15.4 Å². The number of hydrogen-bond donors (Lipinski definition) is 2. The molecule has 3 rings (SSSR count). The summed E-state index contributed by atoms with van der Waals surface area (Å²) in [5, 5.41) is 5.89. The number of amides is 2. The summed E-state index contributed by atoms with van der Waals surface area (Å²) in [7, 11) is 0.